The quantitative estimate of drug-likeness (QED) is 0.0521. The highest BCUT2D eigenvalue weighted by molar-refractivity contribution is 7.12. The van der Waals surface area contributed by atoms with Crippen LogP contribution in [0.3, 0.4) is 0 Å². The molecule has 0 spiro atoms. The van der Waals surface area contributed by atoms with Crippen molar-refractivity contribution in [3.8, 4) is 17.2 Å². The second-order valence-electron chi connectivity index (χ2n) is 16.0. The van der Waals surface area contributed by atoms with Crippen molar-refractivity contribution >= 4 is 63.9 Å². The van der Waals surface area contributed by atoms with Crippen LogP contribution < -0.4 is 14.2 Å². The maximum absolute atomic E-state index is 11.9. The zero-order valence-electron chi connectivity index (χ0n) is 40.5. The van der Waals surface area contributed by atoms with Crippen LogP contribution in [0.25, 0.3) is 0 Å². The van der Waals surface area contributed by atoms with Gasteiger partial charge in [0.1, 0.15) is 17.2 Å². The smallest absolute Gasteiger partial charge is 0.387 e. The number of alkyl halides is 2. The Bertz CT molecular complexity index is 2470. The largest absolute Gasteiger partial charge is 0.496 e. The molecule has 13 nitrogen and oxygen atoms in total. The minimum absolute atomic E-state index is 0.0371. The van der Waals surface area contributed by atoms with Crippen LogP contribution in [-0.2, 0) is 67.9 Å². The van der Waals surface area contributed by atoms with E-state index in [1.807, 2.05) is 77.9 Å². The maximum Gasteiger partial charge on any atom is 0.387 e. The molecule has 0 atom stereocenters. The Morgan fingerprint density at radius 3 is 1.57 bits per heavy atom. The van der Waals surface area contributed by atoms with E-state index in [1.54, 1.807) is 36.7 Å². The summed E-state index contributed by atoms with van der Waals surface area (Å²) >= 11 is 4.33. The minimum Gasteiger partial charge on any atom is -0.496 e. The van der Waals surface area contributed by atoms with Gasteiger partial charge in [0.15, 0.2) is 0 Å². The van der Waals surface area contributed by atoms with Crippen LogP contribution in [0, 0.1) is 34.6 Å². The normalized spacial score (nSPS) is 11.8. The molecule has 0 bridgehead atoms. The number of rotatable bonds is 19. The van der Waals surface area contributed by atoms with E-state index in [1.165, 1.54) is 26.9 Å². The number of carboxylic acid groups (broad SMARTS) is 5. The van der Waals surface area contributed by atoms with Crippen molar-refractivity contribution < 1.29 is 72.5 Å². The van der Waals surface area contributed by atoms with Crippen molar-refractivity contribution in [1.29, 1.82) is 0 Å². The molecule has 1 aliphatic carbocycles. The summed E-state index contributed by atoms with van der Waals surface area (Å²) in [5.41, 5.74) is 5.69. The first-order chi connectivity index (χ1) is 32.5. The van der Waals surface area contributed by atoms with Crippen molar-refractivity contribution in [2.24, 2.45) is 0 Å². The van der Waals surface area contributed by atoms with Gasteiger partial charge in [-0.2, -0.15) is 8.78 Å². The van der Waals surface area contributed by atoms with E-state index >= 15 is 0 Å². The van der Waals surface area contributed by atoms with Crippen molar-refractivity contribution in [2.45, 2.75) is 132 Å². The fourth-order valence-electron chi connectivity index (χ4n) is 6.90. The number of carboxylic acids is 5. The standard InChI is InChI=1S/C13H16O3.C11H14O3.C10H14O2S.C9H12O2S.C8H8F2O3S/c1-3-16-11-8-9(2)4-5-10(11)13(6-7-13)12(14)15;1-8-3-4-9(5-6-11(12)13)10(7-8)14-2;1-3-4-8-5-7(2)13-9(8)6-10(11)12;1-3-7-4-6(2)12-8(7)5-9(10)11;1-4-2-5(13-8(9)10)6(14-4)3-7(11)12/h4-5,8H,3,6-7H2,1-2H3,(H,14,15);3-4,7H,5-6H2,1-2H3,(H,12,13);5H,3-4,6H2,1-2H3,(H,11,12);4H,3,5H2,1-2H3,(H,10,11);2,8H,3H2,1H3,(H,11,12). The number of hydrogen-bond acceptors (Lipinski definition) is 11. The molecule has 3 aromatic heterocycles. The Labute approximate surface area is 414 Å². The molecular weight excluding hydrogens is 955 g/mol. The van der Waals surface area contributed by atoms with E-state index in [-0.39, 0.29) is 31.4 Å². The van der Waals surface area contributed by atoms with Crippen LogP contribution in [0.15, 0.2) is 54.6 Å². The molecule has 69 heavy (non-hydrogen) atoms. The topological polar surface area (TPSA) is 214 Å². The average molecular weight is 1020 g/mol. The Balaban J connectivity index is 0.000000297. The van der Waals surface area contributed by atoms with Gasteiger partial charge in [-0.25, -0.2) is 0 Å². The third kappa shape index (κ3) is 20.7. The number of carbonyl (C=O) groups is 5. The van der Waals surface area contributed by atoms with Gasteiger partial charge in [0, 0.05) is 36.4 Å². The lowest BCUT2D eigenvalue weighted by atomic mass is 9.94. The SMILES string of the molecule is CCCc1cc(C)sc1CC(=O)O.CCOc1cc(C)ccc1C1(C(=O)O)CC1.CCc1cc(C)sc1CC(=O)O.COc1cc(C)ccc1CCC(=O)O.Cc1cc(OC(F)F)c(CC(=O)O)s1. The van der Waals surface area contributed by atoms with Gasteiger partial charge < -0.3 is 39.7 Å². The van der Waals surface area contributed by atoms with E-state index in [0.717, 1.165) is 79.0 Å². The summed E-state index contributed by atoms with van der Waals surface area (Å²) in [5, 5.41) is 43.6. The molecule has 18 heteroatoms. The number of ether oxygens (including phenoxy) is 3. The van der Waals surface area contributed by atoms with Gasteiger partial charge in [-0.1, -0.05) is 44.5 Å². The third-order valence-electron chi connectivity index (χ3n) is 10.1. The highest BCUT2D eigenvalue weighted by atomic mass is 32.1. The lowest BCUT2D eigenvalue weighted by Gasteiger charge is -2.16. The number of hydrogen-bond donors (Lipinski definition) is 5. The van der Waals surface area contributed by atoms with Crippen LogP contribution in [-0.4, -0.2) is 75.7 Å². The number of aryl methyl sites for hydroxylation is 8. The molecule has 378 valence electrons. The summed E-state index contributed by atoms with van der Waals surface area (Å²) in [6.45, 7) is 13.4. The predicted octanol–water partition coefficient (Wildman–Crippen LogP) is 11.7. The molecule has 2 aromatic carbocycles. The number of thiophene rings is 3. The van der Waals surface area contributed by atoms with Crippen molar-refractivity contribution in [2.75, 3.05) is 13.7 Å². The molecule has 0 aliphatic heterocycles. The molecule has 5 N–H and O–H groups in total. The summed E-state index contributed by atoms with van der Waals surface area (Å²) in [6.07, 6.45) is 5.12. The fraction of sp³-hybridized carbons (Fsp3) is 0.431. The van der Waals surface area contributed by atoms with E-state index in [4.69, 9.17) is 29.9 Å². The summed E-state index contributed by atoms with van der Waals surface area (Å²) < 4.78 is 38.6. The predicted molar refractivity (Wildman–Crippen MR) is 266 cm³/mol. The molecule has 1 saturated carbocycles. The summed E-state index contributed by atoms with van der Waals surface area (Å²) in [7, 11) is 1.60. The van der Waals surface area contributed by atoms with Gasteiger partial charge in [-0.05, 0) is 132 Å². The maximum atomic E-state index is 11.9. The third-order valence-corrected chi connectivity index (χ3v) is 13.4. The van der Waals surface area contributed by atoms with Gasteiger partial charge in [-0.15, -0.1) is 34.0 Å². The monoisotopic (exact) mass is 1020 g/mol. The van der Waals surface area contributed by atoms with Crippen LogP contribution in [0.1, 0.15) is 109 Å². The molecule has 5 aromatic rings. The van der Waals surface area contributed by atoms with Crippen LogP contribution in [0.5, 0.6) is 17.2 Å². The highest BCUT2D eigenvalue weighted by Gasteiger charge is 2.53. The molecule has 0 unspecified atom stereocenters. The number of benzene rings is 2. The second kappa shape index (κ2) is 29.2. The Kier molecular flexibility index (Phi) is 25.1. The van der Waals surface area contributed by atoms with Gasteiger partial charge in [0.25, 0.3) is 0 Å². The molecular formula is C51H64F2O13S3. The molecule has 1 aliphatic rings. The minimum atomic E-state index is -2.92. The van der Waals surface area contributed by atoms with Gasteiger partial charge in [0.05, 0.1) is 43.3 Å². The first kappa shape index (κ1) is 59.3. The van der Waals surface area contributed by atoms with E-state index in [0.29, 0.717) is 30.7 Å². The molecule has 3 heterocycles. The zero-order valence-corrected chi connectivity index (χ0v) is 43.0. The number of methoxy groups -OCH3 is 1. The lowest BCUT2D eigenvalue weighted by Crippen LogP contribution is -2.20. The molecule has 1 fully saturated rings. The van der Waals surface area contributed by atoms with E-state index < -0.39 is 41.9 Å². The first-order valence-electron chi connectivity index (χ1n) is 22.2. The van der Waals surface area contributed by atoms with Crippen LogP contribution >= 0.6 is 34.0 Å². The Morgan fingerprint density at radius 2 is 1.10 bits per heavy atom. The molecule has 0 radical (unpaired) electrons. The average Bonchev–Trinajstić information content (AvgIpc) is 3.75. The number of halogens is 2. The second-order valence-corrected chi connectivity index (χ2v) is 20.0. The van der Waals surface area contributed by atoms with Crippen LogP contribution in [0.4, 0.5) is 8.78 Å². The van der Waals surface area contributed by atoms with Crippen molar-refractivity contribution in [1.82, 2.24) is 0 Å². The van der Waals surface area contributed by atoms with Gasteiger partial charge in [0.2, 0.25) is 0 Å². The van der Waals surface area contributed by atoms with E-state index in [2.05, 4.69) is 23.8 Å². The molecule has 0 saturated heterocycles. The molecule has 6 rings (SSSR count). The van der Waals surface area contributed by atoms with Crippen molar-refractivity contribution in [3.63, 3.8) is 0 Å². The Morgan fingerprint density at radius 1 is 0.609 bits per heavy atom. The van der Waals surface area contributed by atoms with Gasteiger partial charge in [-0.3, -0.25) is 24.0 Å². The Hall–Kier alpha value is -5.85. The first-order valence-corrected chi connectivity index (χ1v) is 24.6. The molecule has 0 amide bonds. The lowest BCUT2D eigenvalue weighted by molar-refractivity contribution is -0.140. The van der Waals surface area contributed by atoms with Crippen LogP contribution in [0.2, 0.25) is 0 Å². The fourth-order valence-corrected chi connectivity index (χ4v) is 10.1. The van der Waals surface area contributed by atoms with Gasteiger partial charge >= 0.3 is 36.5 Å². The van der Waals surface area contributed by atoms with Crippen molar-refractivity contribution in [3.05, 3.63) is 117 Å². The zero-order chi connectivity index (χ0) is 52.0. The summed E-state index contributed by atoms with van der Waals surface area (Å²) in [4.78, 5) is 58.5. The highest BCUT2D eigenvalue weighted by Crippen LogP contribution is 2.51. The number of aliphatic carboxylic acids is 5. The van der Waals surface area contributed by atoms with E-state index in [9.17, 15) is 37.9 Å². The summed E-state index contributed by atoms with van der Waals surface area (Å²) in [5.74, 6) is -2.61. The summed E-state index contributed by atoms with van der Waals surface area (Å²) in [6, 6.07) is 17.1.